The Labute approximate surface area is 185 Å². The summed E-state index contributed by atoms with van der Waals surface area (Å²) in [5.74, 6) is 1.67. The lowest BCUT2D eigenvalue weighted by atomic mass is 10.1. The summed E-state index contributed by atoms with van der Waals surface area (Å²) in [6.07, 6.45) is 6.70. The van der Waals surface area contributed by atoms with E-state index in [1.807, 2.05) is 35.2 Å². The smallest absolute Gasteiger partial charge is 0.222 e. The number of aromatic nitrogens is 1. The molecule has 1 aliphatic heterocycles. The van der Waals surface area contributed by atoms with Crippen LogP contribution in [0.25, 0.3) is 11.3 Å². The molecule has 1 aliphatic rings. The standard InChI is InChI=1S/C21H29N3O3.2ClH/c22-12-5-15-26-18-10-13-24(14-11-18)21(25)9-4-8-20-23-16-19(27-20)17-6-2-1-3-7-17;;/h1-3,6-7,16,18H,4-5,8-15,22H2;2*1H. The molecule has 2 aromatic rings. The van der Waals surface area contributed by atoms with Gasteiger partial charge in [-0.3, -0.25) is 4.79 Å². The molecule has 1 amide bonds. The highest BCUT2D eigenvalue weighted by Gasteiger charge is 2.22. The van der Waals surface area contributed by atoms with Crippen LogP contribution in [0.3, 0.4) is 0 Å². The quantitative estimate of drug-likeness (QED) is 0.594. The number of ether oxygens (including phenoxy) is 1. The van der Waals surface area contributed by atoms with Crippen molar-refractivity contribution in [2.75, 3.05) is 26.2 Å². The van der Waals surface area contributed by atoms with E-state index in [2.05, 4.69) is 4.98 Å². The molecule has 0 unspecified atom stereocenters. The van der Waals surface area contributed by atoms with E-state index in [0.717, 1.165) is 56.7 Å². The van der Waals surface area contributed by atoms with Crippen LogP contribution in [-0.4, -0.2) is 48.1 Å². The zero-order valence-electron chi connectivity index (χ0n) is 16.6. The average Bonchev–Trinajstić information content (AvgIpc) is 3.18. The molecule has 0 saturated carbocycles. The van der Waals surface area contributed by atoms with Crippen LogP contribution in [0.15, 0.2) is 40.9 Å². The van der Waals surface area contributed by atoms with Gasteiger partial charge >= 0.3 is 0 Å². The Morgan fingerprint density at radius 2 is 1.90 bits per heavy atom. The van der Waals surface area contributed by atoms with Crippen molar-refractivity contribution in [2.45, 2.75) is 44.6 Å². The van der Waals surface area contributed by atoms with E-state index in [4.69, 9.17) is 14.9 Å². The van der Waals surface area contributed by atoms with Gasteiger partial charge in [-0.15, -0.1) is 24.8 Å². The summed E-state index contributed by atoms with van der Waals surface area (Å²) < 4.78 is 11.6. The number of hydrogen-bond acceptors (Lipinski definition) is 5. The zero-order valence-corrected chi connectivity index (χ0v) is 18.3. The number of benzene rings is 1. The van der Waals surface area contributed by atoms with Gasteiger partial charge in [0.25, 0.3) is 0 Å². The second-order valence-electron chi connectivity index (χ2n) is 6.93. The Kier molecular flexibility index (Phi) is 11.9. The molecule has 6 nitrogen and oxygen atoms in total. The van der Waals surface area contributed by atoms with Crippen LogP contribution in [0.1, 0.15) is 38.0 Å². The highest BCUT2D eigenvalue weighted by Crippen LogP contribution is 2.21. The molecule has 162 valence electrons. The Hall–Kier alpha value is -1.60. The first kappa shape index (κ1) is 25.4. The lowest BCUT2D eigenvalue weighted by Crippen LogP contribution is -2.41. The van der Waals surface area contributed by atoms with Gasteiger partial charge in [-0.25, -0.2) is 4.98 Å². The number of nitrogens with two attached hydrogens (primary N) is 1. The Balaban J connectivity index is 0.00000210. The molecule has 1 aromatic heterocycles. The third-order valence-electron chi connectivity index (χ3n) is 4.89. The molecular weight excluding hydrogens is 413 g/mol. The van der Waals surface area contributed by atoms with Gasteiger partial charge in [0.05, 0.1) is 12.3 Å². The summed E-state index contributed by atoms with van der Waals surface area (Å²) in [7, 11) is 0. The van der Waals surface area contributed by atoms with Crippen molar-refractivity contribution < 1.29 is 13.9 Å². The van der Waals surface area contributed by atoms with Crippen molar-refractivity contribution >= 4 is 30.7 Å². The molecule has 2 heterocycles. The minimum Gasteiger partial charge on any atom is -0.441 e. The van der Waals surface area contributed by atoms with Gasteiger partial charge in [0.1, 0.15) is 0 Å². The van der Waals surface area contributed by atoms with Gasteiger partial charge in [0.15, 0.2) is 11.7 Å². The van der Waals surface area contributed by atoms with Gasteiger partial charge in [-0.05, 0) is 32.2 Å². The van der Waals surface area contributed by atoms with Crippen molar-refractivity contribution in [1.29, 1.82) is 0 Å². The lowest BCUT2D eigenvalue weighted by molar-refractivity contribution is -0.133. The largest absolute Gasteiger partial charge is 0.441 e. The number of halogens is 2. The van der Waals surface area contributed by atoms with E-state index < -0.39 is 0 Å². The Morgan fingerprint density at radius 1 is 1.17 bits per heavy atom. The summed E-state index contributed by atoms with van der Waals surface area (Å²) in [6.45, 7) is 2.94. The van der Waals surface area contributed by atoms with Gasteiger partial charge in [0, 0.05) is 38.1 Å². The summed E-state index contributed by atoms with van der Waals surface area (Å²) in [4.78, 5) is 18.7. The molecule has 0 bridgehead atoms. The summed E-state index contributed by atoms with van der Waals surface area (Å²) in [5.41, 5.74) is 6.50. The summed E-state index contributed by atoms with van der Waals surface area (Å²) >= 11 is 0. The summed E-state index contributed by atoms with van der Waals surface area (Å²) in [5, 5.41) is 0. The van der Waals surface area contributed by atoms with Crippen molar-refractivity contribution in [3.63, 3.8) is 0 Å². The average molecular weight is 444 g/mol. The van der Waals surface area contributed by atoms with Gasteiger partial charge < -0.3 is 19.8 Å². The Bertz CT molecular complexity index is 704. The van der Waals surface area contributed by atoms with Crippen LogP contribution in [0.2, 0.25) is 0 Å². The maximum Gasteiger partial charge on any atom is 0.222 e. The number of nitrogens with zero attached hydrogens (tertiary/aromatic N) is 2. The van der Waals surface area contributed by atoms with Crippen molar-refractivity contribution in [1.82, 2.24) is 9.88 Å². The summed E-state index contributed by atoms with van der Waals surface area (Å²) in [6, 6.07) is 9.92. The molecule has 1 fully saturated rings. The van der Waals surface area contributed by atoms with Gasteiger partial charge in [-0.1, -0.05) is 30.3 Å². The topological polar surface area (TPSA) is 81.6 Å². The second kappa shape index (κ2) is 13.6. The second-order valence-corrected chi connectivity index (χ2v) is 6.93. The first-order valence-electron chi connectivity index (χ1n) is 9.86. The van der Waals surface area contributed by atoms with Crippen LogP contribution < -0.4 is 5.73 Å². The fourth-order valence-electron chi connectivity index (χ4n) is 3.32. The number of aryl methyl sites for hydroxylation is 1. The van der Waals surface area contributed by atoms with Crippen LogP contribution in [0.5, 0.6) is 0 Å². The molecule has 1 saturated heterocycles. The predicted octanol–water partition coefficient (Wildman–Crippen LogP) is 3.86. The molecule has 29 heavy (non-hydrogen) atoms. The fraction of sp³-hybridized carbons (Fsp3) is 0.524. The Morgan fingerprint density at radius 3 is 2.59 bits per heavy atom. The fourth-order valence-corrected chi connectivity index (χ4v) is 3.32. The van der Waals surface area contributed by atoms with Crippen LogP contribution >= 0.6 is 24.8 Å². The number of oxazole rings is 1. The number of carbonyl (C=O) groups excluding carboxylic acids is 1. The number of carbonyl (C=O) groups is 1. The van der Waals surface area contributed by atoms with Gasteiger partial charge in [-0.2, -0.15) is 0 Å². The SMILES string of the molecule is Cl.Cl.NCCCOC1CCN(C(=O)CCCc2ncc(-c3ccccc3)o2)CC1. The number of hydrogen-bond donors (Lipinski definition) is 1. The highest BCUT2D eigenvalue weighted by molar-refractivity contribution is 5.85. The van der Waals surface area contributed by atoms with Crippen molar-refractivity contribution in [3.05, 3.63) is 42.4 Å². The molecule has 8 heteroatoms. The third-order valence-corrected chi connectivity index (χ3v) is 4.89. The van der Waals surface area contributed by atoms with E-state index in [1.165, 1.54) is 0 Å². The predicted molar refractivity (Wildman–Crippen MR) is 119 cm³/mol. The van der Waals surface area contributed by atoms with Crippen molar-refractivity contribution in [2.24, 2.45) is 5.73 Å². The molecular formula is C21H31Cl2N3O3. The van der Waals surface area contributed by atoms with Crippen LogP contribution in [0, 0.1) is 0 Å². The number of piperidine rings is 1. The van der Waals surface area contributed by atoms with Gasteiger partial charge in [0.2, 0.25) is 5.91 Å². The van der Waals surface area contributed by atoms with Crippen molar-refractivity contribution in [3.8, 4) is 11.3 Å². The first-order valence-corrected chi connectivity index (χ1v) is 9.86. The highest BCUT2D eigenvalue weighted by atomic mass is 35.5. The lowest BCUT2D eigenvalue weighted by Gasteiger charge is -2.32. The molecule has 3 rings (SSSR count). The molecule has 0 atom stereocenters. The third kappa shape index (κ3) is 7.97. The number of rotatable bonds is 9. The molecule has 0 spiro atoms. The monoisotopic (exact) mass is 443 g/mol. The normalized spacial score (nSPS) is 14.2. The van der Waals surface area contributed by atoms with E-state index >= 15 is 0 Å². The van der Waals surface area contributed by atoms with Crippen LogP contribution in [0.4, 0.5) is 0 Å². The van der Waals surface area contributed by atoms with E-state index in [-0.39, 0.29) is 36.8 Å². The number of amides is 1. The first-order chi connectivity index (χ1) is 13.3. The van der Waals surface area contributed by atoms with E-state index in [9.17, 15) is 4.79 Å². The minimum atomic E-state index is 0. The maximum absolute atomic E-state index is 12.4. The molecule has 0 radical (unpaired) electrons. The zero-order chi connectivity index (χ0) is 18.9. The van der Waals surface area contributed by atoms with E-state index in [0.29, 0.717) is 25.3 Å². The minimum absolute atomic E-state index is 0. The molecule has 0 aliphatic carbocycles. The van der Waals surface area contributed by atoms with E-state index in [1.54, 1.807) is 6.20 Å². The van der Waals surface area contributed by atoms with Crippen LogP contribution in [-0.2, 0) is 16.0 Å². The molecule has 1 aromatic carbocycles. The molecule has 2 N–H and O–H groups in total. The number of likely N-dealkylation sites (tertiary alicyclic amines) is 1. The maximum atomic E-state index is 12.4.